The molecular weight excluding hydrogens is 115 g/mol. The molecule has 9 heavy (non-hydrogen) atoms. The Morgan fingerprint density at radius 3 is 2.67 bits per heavy atom. The molecular formula is C8H13F. The lowest BCUT2D eigenvalue weighted by Crippen LogP contribution is -1.89. The maximum atomic E-state index is 11.5. The van der Waals surface area contributed by atoms with Gasteiger partial charge in [0.1, 0.15) is 0 Å². The quantitative estimate of drug-likeness (QED) is 0.510. The predicted molar refractivity (Wildman–Crippen MR) is 38.8 cm³/mol. The van der Waals surface area contributed by atoms with Crippen molar-refractivity contribution in [3.63, 3.8) is 0 Å². The number of allylic oxidation sites excluding steroid dienone is 2. The van der Waals surface area contributed by atoms with Gasteiger partial charge < -0.3 is 0 Å². The zero-order chi connectivity index (χ0) is 7.11. The molecule has 0 saturated heterocycles. The minimum Gasteiger partial charge on any atom is -0.216 e. The van der Waals surface area contributed by atoms with Crippen molar-refractivity contribution in [1.82, 2.24) is 0 Å². The molecule has 52 valence electrons. The number of hydrogen-bond acceptors (Lipinski definition) is 0. The van der Waals surface area contributed by atoms with E-state index in [1.54, 1.807) is 6.08 Å². The van der Waals surface area contributed by atoms with Crippen molar-refractivity contribution in [3.05, 3.63) is 25.1 Å². The van der Waals surface area contributed by atoms with Crippen molar-refractivity contribution in [3.8, 4) is 0 Å². The Kier molecular flexibility index (Phi) is 5.18. The van der Waals surface area contributed by atoms with Gasteiger partial charge in [0.05, 0.1) is 6.33 Å². The third kappa shape index (κ3) is 3.95. The summed E-state index contributed by atoms with van der Waals surface area (Å²) in [4.78, 5) is 0. The molecule has 0 aromatic carbocycles. The van der Waals surface area contributed by atoms with E-state index in [0.717, 1.165) is 12.8 Å². The molecule has 0 nitrogen and oxygen atoms in total. The number of hydrogen-bond donors (Lipinski definition) is 0. The summed E-state index contributed by atoms with van der Waals surface area (Å²) in [5.41, 5.74) is 0. The SMILES string of the molecule is C=CCC(/C=C/F)CC. The topological polar surface area (TPSA) is 0 Å². The van der Waals surface area contributed by atoms with Crippen LogP contribution in [0.5, 0.6) is 0 Å². The smallest absolute Gasteiger partial charge is 0.0829 e. The molecule has 0 bridgehead atoms. The van der Waals surface area contributed by atoms with Gasteiger partial charge in [0.15, 0.2) is 0 Å². The van der Waals surface area contributed by atoms with Crippen LogP contribution in [-0.2, 0) is 0 Å². The van der Waals surface area contributed by atoms with Crippen molar-refractivity contribution >= 4 is 0 Å². The summed E-state index contributed by atoms with van der Waals surface area (Å²) in [6.07, 6.45) is 5.84. The van der Waals surface area contributed by atoms with Crippen LogP contribution in [-0.4, -0.2) is 0 Å². The molecule has 0 N–H and O–H groups in total. The molecule has 1 unspecified atom stereocenters. The van der Waals surface area contributed by atoms with Crippen LogP contribution in [0.4, 0.5) is 4.39 Å². The summed E-state index contributed by atoms with van der Waals surface area (Å²) in [5, 5.41) is 0. The van der Waals surface area contributed by atoms with E-state index in [2.05, 4.69) is 6.58 Å². The molecule has 0 fully saturated rings. The molecule has 0 aliphatic heterocycles. The van der Waals surface area contributed by atoms with Gasteiger partial charge in [0.25, 0.3) is 0 Å². The van der Waals surface area contributed by atoms with Crippen molar-refractivity contribution in [1.29, 1.82) is 0 Å². The molecule has 0 amide bonds. The molecule has 1 atom stereocenters. The molecule has 0 aromatic heterocycles. The first kappa shape index (κ1) is 8.41. The third-order valence-corrected chi connectivity index (χ3v) is 1.34. The Bertz CT molecular complexity index is 94.7. The van der Waals surface area contributed by atoms with E-state index in [1.807, 2.05) is 13.0 Å². The summed E-state index contributed by atoms with van der Waals surface area (Å²) in [5.74, 6) is 0.340. The standard InChI is InChI=1S/C8H13F/c1-3-5-8(4-2)6-7-9/h3,6-8H,1,4-5H2,2H3/b7-6+. The van der Waals surface area contributed by atoms with Crippen LogP contribution in [0.15, 0.2) is 25.1 Å². The zero-order valence-electron chi connectivity index (χ0n) is 5.81. The number of halogens is 1. The van der Waals surface area contributed by atoms with E-state index in [1.165, 1.54) is 0 Å². The second-order valence-corrected chi connectivity index (χ2v) is 2.01. The Hall–Kier alpha value is -0.590. The summed E-state index contributed by atoms with van der Waals surface area (Å²) in [6.45, 7) is 5.61. The summed E-state index contributed by atoms with van der Waals surface area (Å²) in [7, 11) is 0. The highest BCUT2D eigenvalue weighted by molar-refractivity contribution is 4.86. The first-order chi connectivity index (χ1) is 4.35. The highest BCUT2D eigenvalue weighted by Gasteiger charge is 1.96. The van der Waals surface area contributed by atoms with Gasteiger partial charge in [-0.25, -0.2) is 4.39 Å². The summed E-state index contributed by atoms with van der Waals surface area (Å²) < 4.78 is 11.5. The lowest BCUT2D eigenvalue weighted by molar-refractivity contribution is 0.614. The van der Waals surface area contributed by atoms with E-state index >= 15 is 0 Å². The largest absolute Gasteiger partial charge is 0.216 e. The lowest BCUT2D eigenvalue weighted by atomic mass is 10.0. The Labute approximate surface area is 56.1 Å². The molecule has 0 aliphatic rings. The fourth-order valence-corrected chi connectivity index (χ4v) is 0.698. The molecule has 0 aromatic rings. The van der Waals surface area contributed by atoms with Gasteiger partial charge in [-0.05, 0) is 18.8 Å². The predicted octanol–water partition coefficient (Wildman–Crippen LogP) is 3.07. The normalized spacial score (nSPS) is 14.0. The Morgan fingerprint density at radius 2 is 2.33 bits per heavy atom. The molecule has 1 heteroatoms. The maximum Gasteiger partial charge on any atom is 0.0829 e. The van der Waals surface area contributed by atoms with E-state index in [4.69, 9.17) is 0 Å². The van der Waals surface area contributed by atoms with Gasteiger partial charge in [0.2, 0.25) is 0 Å². The molecule has 0 aliphatic carbocycles. The second kappa shape index (κ2) is 5.54. The van der Waals surface area contributed by atoms with Crippen LogP contribution in [0.1, 0.15) is 19.8 Å². The Morgan fingerprint density at radius 1 is 1.67 bits per heavy atom. The summed E-state index contributed by atoms with van der Waals surface area (Å²) in [6, 6.07) is 0. The van der Waals surface area contributed by atoms with Crippen LogP contribution in [0.25, 0.3) is 0 Å². The second-order valence-electron chi connectivity index (χ2n) is 2.01. The third-order valence-electron chi connectivity index (χ3n) is 1.34. The van der Waals surface area contributed by atoms with Crippen molar-refractivity contribution in [2.45, 2.75) is 19.8 Å². The maximum absolute atomic E-state index is 11.5. The van der Waals surface area contributed by atoms with Crippen LogP contribution in [0.2, 0.25) is 0 Å². The van der Waals surface area contributed by atoms with Gasteiger partial charge in [-0.15, -0.1) is 6.58 Å². The molecule has 0 rings (SSSR count). The van der Waals surface area contributed by atoms with Crippen molar-refractivity contribution in [2.75, 3.05) is 0 Å². The summed E-state index contributed by atoms with van der Waals surface area (Å²) >= 11 is 0. The van der Waals surface area contributed by atoms with Crippen LogP contribution in [0, 0.1) is 5.92 Å². The Balaban J connectivity index is 3.53. The fraction of sp³-hybridized carbons (Fsp3) is 0.500. The minimum absolute atomic E-state index is 0.340. The van der Waals surface area contributed by atoms with Crippen LogP contribution >= 0.6 is 0 Å². The highest BCUT2D eigenvalue weighted by atomic mass is 19.1. The number of rotatable bonds is 4. The monoisotopic (exact) mass is 128 g/mol. The average molecular weight is 128 g/mol. The van der Waals surface area contributed by atoms with Gasteiger partial charge in [0, 0.05) is 0 Å². The van der Waals surface area contributed by atoms with E-state index in [0.29, 0.717) is 12.2 Å². The van der Waals surface area contributed by atoms with Crippen molar-refractivity contribution in [2.24, 2.45) is 5.92 Å². The van der Waals surface area contributed by atoms with Crippen LogP contribution < -0.4 is 0 Å². The molecule has 0 spiro atoms. The zero-order valence-corrected chi connectivity index (χ0v) is 5.81. The van der Waals surface area contributed by atoms with Gasteiger partial charge in [-0.3, -0.25) is 0 Å². The van der Waals surface area contributed by atoms with E-state index < -0.39 is 0 Å². The molecule has 0 saturated carbocycles. The fourth-order valence-electron chi connectivity index (χ4n) is 0.698. The first-order valence-corrected chi connectivity index (χ1v) is 3.22. The van der Waals surface area contributed by atoms with Crippen LogP contribution in [0.3, 0.4) is 0 Å². The van der Waals surface area contributed by atoms with E-state index in [-0.39, 0.29) is 0 Å². The average Bonchev–Trinajstić information content (AvgIpc) is 1.88. The van der Waals surface area contributed by atoms with Crippen molar-refractivity contribution < 1.29 is 4.39 Å². The van der Waals surface area contributed by atoms with Gasteiger partial charge in [-0.2, -0.15) is 0 Å². The minimum atomic E-state index is 0.340. The molecule has 0 heterocycles. The van der Waals surface area contributed by atoms with E-state index in [9.17, 15) is 4.39 Å². The highest BCUT2D eigenvalue weighted by Crippen LogP contribution is 2.09. The molecule has 0 radical (unpaired) electrons. The lowest BCUT2D eigenvalue weighted by Gasteiger charge is -2.02. The first-order valence-electron chi connectivity index (χ1n) is 3.22. The van der Waals surface area contributed by atoms with Gasteiger partial charge >= 0.3 is 0 Å². The van der Waals surface area contributed by atoms with Gasteiger partial charge in [-0.1, -0.05) is 19.1 Å².